The van der Waals surface area contributed by atoms with Crippen molar-refractivity contribution in [2.75, 3.05) is 0 Å². The van der Waals surface area contributed by atoms with Crippen molar-refractivity contribution in [3.8, 4) is 12.1 Å². The van der Waals surface area contributed by atoms with Gasteiger partial charge in [-0.2, -0.15) is 10.5 Å². The summed E-state index contributed by atoms with van der Waals surface area (Å²) in [5.41, 5.74) is 0. The van der Waals surface area contributed by atoms with Crippen molar-refractivity contribution in [3.63, 3.8) is 0 Å². The zero-order valence-electron chi connectivity index (χ0n) is 9.25. The van der Waals surface area contributed by atoms with E-state index in [4.69, 9.17) is 23.7 Å². The fraction of sp³-hybridized carbons (Fsp3) is 0.667. The quantitative estimate of drug-likeness (QED) is 0.659. The van der Waals surface area contributed by atoms with Gasteiger partial charge < -0.3 is 0 Å². The molecule has 0 aliphatic heterocycles. The monoisotopic (exact) mass is 212 g/mol. The Bertz CT molecular complexity index is 350. The van der Waals surface area contributed by atoms with E-state index in [0.717, 1.165) is 0 Å². The Hall–Kier alpha value is -2.04. The van der Waals surface area contributed by atoms with Crippen molar-refractivity contribution in [2.24, 2.45) is 29.6 Å². The van der Waals surface area contributed by atoms with Crippen molar-refractivity contribution in [2.45, 2.75) is 20.0 Å². The summed E-state index contributed by atoms with van der Waals surface area (Å²) in [6, 6.07) is 3.99. The van der Waals surface area contributed by atoms with Crippen molar-refractivity contribution in [1.82, 2.24) is 0 Å². The van der Waals surface area contributed by atoms with Gasteiger partial charge in [0.25, 0.3) is 0 Å². The van der Waals surface area contributed by atoms with Gasteiger partial charge in [0.1, 0.15) is 11.8 Å². The molecule has 0 aromatic heterocycles. The van der Waals surface area contributed by atoms with Crippen molar-refractivity contribution in [1.29, 1.82) is 10.5 Å². The number of hydrogen-bond acceptors (Lipinski definition) is 2. The van der Waals surface area contributed by atoms with Crippen LogP contribution in [0.5, 0.6) is 0 Å². The minimum Gasteiger partial charge on any atom is -0.233 e. The SMILES string of the molecule is [C-]#[N+]C([N+]#[C-])C1C(C)C(C(C#N)C#N)C1C. The highest BCUT2D eigenvalue weighted by atomic mass is 15.0. The summed E-state index contributed by atoms with van der Waals surface area (Å²) in [7, 11) is 0. The molecule has 0 radical (unpaired) electrons. The van der Waals surface area contributed by atoms with Gasteiger partial charge in [0, 0.05) is 0 Å². The van der Waals surface area contributed by atoms with Crippen LogP contribution in [-0.2, 0) is 0 Å². The average Bonchev–Trinajstić information content (AvgIpc) is 2.32. The van der Waals surface area contributed by atoms with Gasteiger partial charge in [-0.25, -0.2) is 22.8 Å². The molecule has 0 aromatic rings. The number of nitriles is 2. The Morgan fingerprint density at radius 3 is 1.75 bits per heavy atom. The first kappa shape index (κ1) is 12.0. The Labute approximate surface area is 95.7 Å². The zero-order chi connectivity index (χ0) is 12.3. The van der Waals surface area contributed by atoms with Crippen LogP contribution in [0.1, 0.15) is 13.8 Å². The summed E-state index contributed by atoms with van der Waals surface area (Å²) in [6.45, 7) is 17.8. The molecule has 0 bridgehead atoms. The molecule has 0 aromatic carbocycles. The lowest BCUT2D eigenvalue weighted by Gasteiger charge is -2.46. The van der Waals surface area contributed by atoms with Crippen LogP contribution in [0, 0.1) is 65.4 Å². The van der Waals surface area contributed by atoms with Crippen molar-refractivity contribution >= 4 is 0 Å². The van der Waals surface area contributed by atoms with Crippen LogP contribution < -0.4 is 0 Å². The highest BCUT2D eigenvalue weighted by Crippen LogP contribution is 2.51. The number of nitrogens with zero attached hydrogens (tertiary/aromatic N) is 4. The predicted octanol–water partition coefficient (Wildman–Crippen LogP) is 2.33. The maximum atomic E-state index is 8.84. The molecule has 0 amide bonds. The molecule has 1 aliphatic rings. The Balaban J connectivity index is 2.83. The van der Waals surface area contributed by atoms with E-state index < -0.39 is 12.1 Å². The van der Waals surface area contributed by atoms with Crippen molar-refractivity contribution in [3.05, 3.63) is 22.8 Å². The van der Waals surface area contributed by atoms with Gasteiger partial charge in [-0.15, -0.1) is 0 Å². The van der Waals surface area contributed by atoms with Crippen molar-refractivity contribution < 1.29 is 0 Å². The fourth-order valence-corrected chi connectivity index (χ4v) is 2.88. The summed E-state index contributed by atoms with van der Waals surface area (Å²) in [6.07, 6.45) is -0.653. The molecule has 80 valence electrons. The molecule has 4 heteroatoms. The third-order valence-electron chi connectivity index (χ3n) is 3.70. The lowest BCUT2D eigenvalue weighted by atomic mass is 9.53. The molecular formula is C12H12N4. The van der Waals surface area contributed by atoms with Gasteiger partial charge in [-0.3, -0.25) is 0 Å². The molecule has 0 heterocycles. The standard InChI is InChI=1S/C12H12N4/c1-7-10(9(5-13)6-14)8(2)11(7)12(15-3)16-4/h7-12H,1-2H3. The van der Waals surface area contributed by atoms with Crippen LogP contribution in [0.25, 0.3) is 9.69 Å². The Kier molecular flexibility index (Phi) is 3.50. The van der Waals surface area contributed by atoms with Gasteiger partial charge >= 0.3 is 6.17 Å². The summed E-state index contributed by atoms with van der Waals surface area (Å²) in [5, 5.41) is 17.7. The molecule has 1 rings (SSSR count). The van der Waals surface area contributed by atoms with E-state index in [0.29, 0.717) is 0 Å². The Morgan fingerprint density at radius 2 is 1.44 bits per heavy atom. The number of rotatable bonds is 2. The Morgan fingerprint density at radius 1 is 1.00 bits per heavy atom. The minimum absolute atomic E-state index is 0.00389. The van der Waals surface area contributed by atoms with Crippen LogP contribution >= 0.6 is 0 Å². The molecule has 16 heavy (non-hydrogen) atoms. The van der Waals surface area contributed by atoms with Gasteiger partial charge in [0.05, 0.1) is 12.1 Å². The normalized spacial score (nSPS) is 32.0. The molecule has 1 fully saturated rings. The molecular weight excluding hydrogens is 200 g/mol. The number of hydrogen-bond donors (Lipinski definition) is 0. The summed E-state index contributed by atoms with van der Waals surface area (Å²) < 4.78 is 0. The highest BCUT2D eigenvalue weighted by molar-refractivity contribution is 5.14. The third kappa shape index (κ3) is 1.60. The second kappa shape index (κ2) is 4.65. The van der Waals surface area contributed by atoms with Gasteiger partial charge in [0.2, 0.25) is 0 Å². The first-order valence-corrected chi connectivity index (χ1v) is 5.14. The van der Waals surface area contributed by atoms with E-state index in [1.54, 1.807) is 0 Å². The van der Waals surface area contributed by atoms with Crippen LogP contribution in [0.15, 0.2) is 0 Å². The second-order valence-corrected chi connectivity index (χ2v) is 4.28. The third-order valence-corrected chi connectivity index (χ3v) is 3.70. The molecule has 1 saturated carbocycles. The van der Waals surface area contributed by atoms with Crippen LogP contribution in [0.2, 0.25) is 0 Å². The molecule has 0 N–H and O–H groups in total. The van der Waals surface area contributed by atoms with E-state index in [2.05, 4.69) is 9.69 Å². The summed E-state index contributed by atoms with van der Waals surface area (Å²) >= 11 is 0. The largest absolute Gasteiger partial charge is 0.477 e. The van der Waals surface area contributed by atoms with Gasteiger partial charge in [0.15, 0.2) is 0 Å². The molecule has 0 saturated heterocycles. The summed E-state index contributed by atoms with van der Waals surface area (Å²) in [5.74, 6) is -0.395. The van der Waals surface area contributed by atoms with Crippen LogP contribution in [0.3, 0.4) is 0 Å². The van der Waals surface area contributed by atoms with E-state index in [1.165, 1.54) is 0 Å². The van der Waals surface area contributed by atoms with Crippen LogP contribution in [-0.4, -0.2) is 6.17 Å². The van der Waals surface area contributed by atoms with E-state index in [9.17, 15) is 0 Å². The topological polar surface area (TPSA) is 56.3 Å². The average molecular weight is 212 g/mol. The second-order valence-electron chi connectivity index (χ2n) is 4.28. The van der Waals surface area contributed by atoms with E-state index in [1.807, 2.05) is 26.0 Å². The van der Waals surface area contributed by atoms with Gasteiger partial charge in [-0.1, -0.05) is 13.8 Å². The lowest BCUT2D eigenvalue weighted by Crippen LogP contribution is -2.50. The maximum absolute atomic E-state index is 8.84. The van der Waals surface area contributed by atoms with Crippen LogP contribution in [0.4, 0.5) is 0 Å². The predicted molar refractivity (Wildman–Crippen MR) is 57.0 cm³/mol. The van der Waals surface area contributed by atoms with Gasteiger partial charge in [-0.05, 0) is 17.8 Å². The minimum atomic E-state index is -0.653. The fourth-order valence-electron chi connectivity index (χ4n) is 2.88. The molecule has 1 aliphatic carbocycles. The molecule has 2 atom stereocenters. The first-order chi connectivity index (χ1) is 7.62. The van der Waals surface area contributed by atoms with E-state index in [-0.39, 0.29) is 23.7 Å². The lowest BCUT2D eigenvalue weighted by molar-refractivity contribution is -0.0130. The summed E-state index contributed by atoms with van der Waals surface area (Å²) in [4.78, 5) is 6.61. The zero-order valence-corrected chi connectivity index (χ0v) is 9.25. The molecule has 2 unspecified atom stereocenters. The highest BCUT2D eigenvalue weighted by Gasteiger charge is 2.57. The molecule has 0 spiro atoms. The molecule has 4 nitrogen and oxygen atoms in total. The first-order valence-electron chi connectivity index (χ1n) is 5.14. The smallest absolute Gasteiger partial charge is 0.233 e. The maximum Gasteiger partial charge on any atom is 0.477 e. The van der Waals surface area contributed by atoms with E-state index >= 15 is 0 Å².